The van der Waals surface area contributed by atoms with Crippen LogP contribution in [0.2, 0.25) is 0 Å². The van der Waals surface area contributed by atoms with Crippen LogP contribution in [-0.2, 0) is 11.2 Å². The van der Waals surface area contributed by atoms with Crippen LogP contribution >= 0.6 is 0 Å². The van der Waals surface area contributed by atoms with Gasteiger partial charge in [0.05, 0.1) is 17.5 Å². The lowest BCUT2D eigenvalue weighted by molar-refractivity contribution is -0.116. The quantitative estimate of drug-likeness (QED) is 0.723. The fraction of sp³-hybridized carbons (Fsp3) is 0.318. The van der Waals surface area contributed by atoms with Gasteiger partial charge in [-0.3, -0.25) is 9.59 Å². The molecule has 1 fully saturated rings. The molecule has 1 aliphatic rings. The van der Waals surface area contributed by atoms with Crippen LogP contribution in [0.1, 0.15) is 49.3 Å². The Labute approximate surface area is 166 Å². The topological polar surface area (TPSA) is 64.0 Å². The normalized spacial score (nSPS) is 14.8. The summed E-state index contributed by atoms with van der Waals surface area (Å²) in [6.45, 7) is 0. The van der Waals surface area contributed by atoms with Crippen molar-refractivity contribution in [3.63, 3.8) is 0 Å². The summed E-state index contributed by atoms with van der Waals surface area (Å²) in [6.07, 6.45) is 5.12. The van der Waals surface area contributed by atoms with Gasteiger partial charge in [-0.1, -0.05) is 37.5 Å². The number of aromatic nitrogens is 2. The van der Waals surface area contributed by atoms with E-state index < -0.39 is 23.1 Å². The largest absolute Gasteiger partial charge is 0.294 e. The molecule has 0 spiro atoms. The van der Waals surface area contributed by atoms with E-state index in [1.807, 2.05) is 12.1 Å². The van der Waals surface area contributed by atoms with Gasteiger partial charge in [0.25, 0.3) is 5.56 Å². The van der Waals surface area contributed by atoms with Crippen molar-refractivity contribution < 1.29 is 13.6 Å². The van der Waals surface area contributed by atoms with Crippen molar-refractivity contribution in [2.24, 2.45) is 0 Å². The highest BCUT2D eigenvalue weighted by Crippen LogP contribution is 2.34. The van der Waals surface area contributed by atoms with Crippen LogP contribution in [-0.4, -0.2) is 15.8 Å². The molecule has 2 aromatic carbocycles. The van der Waals surface area contributed by atoms with E-state index in [1.54, 1.807) is 12.1 Å². The Hall–Kier alpha value is -3.09. The van der Waals surface area contributed by atoms with Crippen molar-refractivity contribution in [2.45, 2.75) is 44.4 Å². The van der Waals surface area contributed by atoms with Gasteiger partial charge >= 0.3 is 0 Å². The Morgan fingerprint density at radius 3 is 2.38 bits per heavy atom. The first-order valence-electron chi connectivity index (χ1n) is 9.78. The van der Waals surface area contributed by atoms with Gasteiger partial charge in [0, 0.05) is 17.4 Å². The molecule has 1 N–H and O–H groups in total. The molecule has 7 heteroatoms. The lowest BCUT2D eigenvalue weighted by atomic mass is 9.85. The number of amides is 1. The van der Waals surface area contributed by atoms with Gasteiger partial charge in [0.2, 0.25) is 5.91 Å². The maximum atomic E-state index is 13.4. The molecule has 150 valence electrons. The summed E-state index contributed by atoms with van der Waals surface area (Å²) >= 11 is 0. The van der Waals surface area contributed by atoms with E-state index >= 15 is 0 Å². The van der Waals surface area contributed by atoms with Crippen molar-refractivity contribution in [2.75, 3.05) is 5.43 Å². The number of halogens is 2. The van der Waals surface area contributed by atoms with E-state index in [0.717, 1.165) is 59.8 Å². The molecule has 1 aromatic heterocycles. The highest BCUT2D eigenvalue weighted by atomic mass is 19.1. The number of carbonyl (C=O) groups is 1. The Balaban J connectivity index is 1.67. The van der Waals surface area contributed by atoms with Crippen LogP contribution in [0.3, 0.4) is 0 Å². The lowest BCUT2D eigenvalue weighted by Gasteiger charge is -2.23. The summed E-state index contributed by atoms with van der Waals surface area (Å²) in [5, 5.41) is 5.76. The van der Waals surface area contributed by atoms with Crippen LogP contribution in [0, 0.1) is 11.6 Å². The fourth-order valence-corrected chi connectivity index (χ4v) is 4.02. The van der Waals surface area contributed by atoms with Gasteiger partial charge in [-0.2, -0.15) is 5.10 Å². The molecule has 1 heterocycles. The van der Waals surface area contributed by atoms with Gasteiger partial charge in [-0.15, -0.1) is 4.79 Å². The van der Waals surface area contributed by atoms with Crippen molar-refractivity contribution in [3.8, 4) is 0 Å². The van der Waals surface area contributed by atoms with Crippen molar-refractivity contribution in [1.82, 2.24) is 9.89 Å². The summed E-state index contributed by atoms with van der Waals surface area (Å²) in [6, 6.07) is 10.2. The van der Waals surface area contributed by atoms with Crippen LogP contribution in [0.25, 0.3) is 10.8 Å². The third-order valence-electron chi connectivity index (χ3n) is 5.34. The van der Waals surface area contributed by atoms with E-state index in [1.165, 1.54) is 6.42 Å². The highest BCUT2D eigenvalue weighted by molar-refractivity contribution is 5.87. The summed E-state index contributed by atoms with van der Waals surface area (Å²) in [5.41, 5.74) is 3.03. The van der Waals surface area contributed by atoms with E-state index in [4.69, 9.17) is 0 Å². The molecule has 0 saturated heterocycles. The third kappa shape index (κ3) is 4.18. The maximum Gasteiger partial charge on any atom is 0.294 e. The molecule has 29 heavy (non-hydrogen) atoms. The predicted molar refractivity (Wildman–Crippen MR) is 106 cm³/mol. The zero-order valence-electron chi connectivity index (χ0n) is 15.8. The number of nitrogens with one attached hydrogen (secondary N) is 1. The first kappa shape index (κ1) is 19.2. The maximum absolute atomic E-state index is 13.4. The molecule has 0 unspecified atom stereocenters. The van der Waals surface area contributed by atoms with Crippen molar-refractivity contribution >= 4 is 16.7 Å². The van der Waals surface area contributed by atoms with Gasteiger partial charge in [0.15, 0.2) is 0 Å². The molecule has 3 aromatic rings. The number of carbonyl (C=O) groups excluding carboxylic acids is 1. The number of fused-ring (bicyclic) bond motifs is 1. The van der Waals surface area contributed by atoms with Gasteiger partial charge in [0.1, 0.15) is 11.6 Å². The highest BCUT2D eigenvalue weighted by Gasteiger charge is 2.22. The molecule has 0 bridgehead atoms. The van der Waals surface area contributed by atoms with E-state index in [2.05, 4.69) is 10.5 Å². The number of rotatable bonds is 4. The zero-order valence-corrected chi connectivity index (χ0v) is 15.8. The van der Waals surface area contributed by atoms with Crippen molar-refractivity contribution in [1.29, 1.82) is 0 Å². The average molecular weight is 397 g/mol. The molecule has 0 atom stereocenters. The van der Waals surface area contributed by atoms with Crippen LogP contribution in [0.5, 0.6) is 0 Å². The minimum absolute atomic E-state index is 0.182. The van der Waals surface area contributed by atoms with Crippen molar-refractivity contribution in [3.05, 3.63) is 75.7 Å². The average Bonchev–Trinajstić information content (AvgIpc) is 2.70. The van der Waals surface area contributed by atoms with E-state index in [-0.39, 0.29) is 17.9 Å². The molecule has 4 rings (SSSR count). The number of hydrogen-bond donors (Lipinski definition) is 1. The summed E-state index contributed by atoms with van der Waals surface area (Å²) in [4.78, 5) is 26.2. The second kappa shape index (κ2) is 8.11. The lowest BCUT2D eigenvalue weighted by Crippen LogP contribution is -2.37. The number of benzene rings is 2. The first-order valence-corrected chi connectivity index (χ1v) is 9.78. The molecule has 5 nitrogen and oxygen atoms in total. The van der Waals surface area contributed by atoms with E-state index in [0.29, 0.717) is 5.39 Å². The monoisotopic (exact) mass is 397 g/mol. The first-order chi connectivity index (χ1) is 14.0. The second-order valence-electron chi connectivity index (χ2n) is 7.47. The molecular weight excluding hydrogens is 376 g/mol. The summed E-state index contributed by atoms with van der Waals surface area (Å²) < 4.78 is 26.7. The SMILES string of the molecule is O=C(Cc1cc(F)cc(F)c1)Nn1nc(C2CCCCC2)c2ccccc2c1=O. The Kier molecular flexibility index (Phi) is 5.38. The second-order valence-corrected chi connectivity index (χ2v) is 7.47. The van der Waals surface area contributed by atoms with Gasteiger partial charge < -0.3 is 0 Å². The van der Waals surface area contributed by atoms with Gasteiger partial charge in [-0.25, -0.2) is 14.2 Å². The number of hydrogen-bond acceptors (Lipinski definition) is 3. The Morgan fingerprint density at radius 1 is 1.03 bits per heavy atom. The zero-order chi connectivity index (χ0) is 20.4. The summed E-state index contributed by atoms with van der Waals surface area (Å²) in [7, 11) is 0. The molecule has 1 amide bonds. The van der Waals surface area contributed by atoms with Crippen LogP contribution in [0.15, 0.2) is 47.3 Å². The van der Waals surface area contributed by atoms with Gasteiger partial charge in [-0.05, 0) is 36.6 Å². The standard InChI is InChI=1S/C22H21F2N3O2/c23-16-10-14(11-17(24)13-16)12-20(28)25-27-22(29)19-9-5-4-8-18(19)21(26-27)15-6-2-1-3-7-15/h4-5,8-11,13,15H,1-3,6-7,12H2,(H,25,28). The molecule has 0 radical (unpaired) electrons. The predicted octanol–water partition coefficient (Wildman–Crippen LogP) is 4.04. The number of nitrogens with zero attached hydrogens (tertiary/aromatic N) is 2. The third-order valence-corrected chi connectivity index (χ3v) is 5.34. The minimum Gasteiger partial charge on any atom is -0.273 e. The molecule has 1 aliphatic carbocycles. The molecular formula is C22H21F2N3O2. The Bertz CT molecular complexity index is 1100. The smallest absolute Gasteiger partial charge is 0.273 e. The molecule has 1 saturated carbocycles. The van der Waals surface area contributed by atoms with E-state index in [9.17, 15) is 18.4 Å². The Morgan fingerprint density at radius 2 is 1.69 bits per heavy atom. The van der Waals surface area contributed by atoms with Crippen LogP contribution in [0.4, 0.5) is 8.78 Å². The fourth-order valence-electron chi connectivity index (χ4n) is 4.02. The summed E-state index contributed by atoms with van der Waals surface area (Å²) in [5.74, 6) is -1.86. The van der Waals surface area contributed by atoms with Crippen LogP contribution < -0.4 is 11.0 Å². The minimum atomic E-state index is -0.756. The molecule has 0 aliphatic heterocycles.